The number of hydrogen-bond donors (Lipinski definition) is 0. The van der Waals surface area contributed by atoms with Gasteiger partial charge in [-0.05, 0) is 124 Å². The van der Waals surface area contributed by atoms with Gasteiger partial charge in [-0.25, -0.2) is 8.78 Å². The van der Waals surface area contributed by atoms with Crippen molar-refractivity contribution in [3.63, 3.8) is 0 Å². The number of rotatable bonds is 5. The lowest BCUT2D eigenvalue weighted by Gasteiger charge is -2.45. The molecule has 28 heavy (non-hydrogen) atoms. The summed E-state index contributed by atoms with van der Waals surface area (Å²) in [5.74, 6) is 3.68. The molecule has 0 aliphatic heterocycles. The van der Waals surface area contributed by atoms with Crippen molar-refractivity contribution in [3.05, 3.63) is 48.1 Å². The largest absolute Gasteiger partial charge is 0.204 e. The Balaban J connectivity index is 1.27. The van der Waals surface area contributed by atoms with Crippen molar-refractivity contribution in [2.75, 3.05) is 0 Å². The summed E-state index contributed by atoms with van der Waals surface area (Å²) in [5.41, 5.74) is 0.999. The fourth-order valence-electron chi connectivity index (χ4n) is 6.76. The first kappa shape index (κ1) is 20.1. The third-order valence-electron chi connectivity index (χ3n) is 8.39. The maximum absolute atomic E-state index is 13.6. The zero-order valence-corrected chi connectivity index (χ0v) is 17.2. The Morgan fingerprint density at radius 1 is 0.786 bits per heavy atom. The van der Waals surface area contributed by atoms with Crippen LogP contribution >= 0.6 is 0 Å². The number of benzene rings is 1. The molecule has 0 aromatic heterocycles. The van der Waals surface area contributed by atoms with Crippen molar-refractivity contribution in [1.82, 2.24) is 0 Å². The fraction of sp³-hybridized carbons (Fsp3) is 0.692. The molecular weight excluding hydrogens is 350 g/mol. The van der Waals surface area contributed by atoms with E-state index in [9.17, 15) is 8.78 Å². The molecule has 4 atom stereocenters. The van der Waals surface area contributed by atoms with Gasteiger partial charge in [0.15, 0.2) is 11.6 Å². The van der Waals surface area contributed by atoms with Crippen molar-refractivity contribution >= 4 is 0 Å². The highest BCUT2D eigenvalue weighted by atomic mass is 19.2. The van der Waals surface area contributed by atoms with Gasteiger partial charge in [0.1, 0.15) is 0 Å². The zero-order chi connectivity index (χ0) is 19.5. The van der Waals surface area contributed by atoms with E-state index in [0.29, 0.717) is 5.92 Å². The fourth-order valence-corrected chi connectivity index (χ4v) is 6.76. The topological polar surface area (TPSA) is 0 Å². The standard InChI is InChI=1S/C26H36F2/c1-2-3-4-18-5-6-23-16-22(12-11-21(23)15-18)19-7-9-20(10-8-19)24-13-14-25(27)26(28)17-24/h2,13-14,17-23H,1,3-12,15-16H2. The van der Waals surface area contributed by atoms with Gasteiger partial charge in [0.25, 0.3) is 0 Å². The predicted molar refractivity (Wildman–Crippen MR) is 112 cm³/mol. The van der Waals surface area contributed by atoms with Crippen LogP contribution in [0, 0.1) is 41.2 Å². The van der Waals surface area contributed by atoms with Crippen LogP contribution in [0.5, 0.6) is 0 Å². The van der Waals surface area contributed by atoms with Gasteiger partial charge in [-0.2, -0.15) is 0 Å². The number of allylic oxidation sites excluding steroid dienone is 1. The van der Waals surface area contributed by atoms with Crippen molar-refractivity contribution in [3.8, 4) is 0 Å². The van der Waals surface area contributed by atoms with E-state index in [-0.39, 0.29) is 0 Å². The molecule has 0 nitrogen and oxygen atoms in total. The van der Waals surface area contributed by atoms with Gasteiger partial charge < -0.3 is 0 Å². The quantitative estimate of drug-likeness (QED) is 0.449. The van der Waals surface area contributed by atoms with Crippen LogP contribution in [0.2, 0.25) is 0 Å². The highest BCUT2D eigenvalue weighted by Crippen LogP contribution is 2.50. The van der Waals surface area contributed by atoms with Crippen molar-refractivity contribution in [2.24, 2.45) is 29.6 Å². The van der Waals surface area contributed by atoms with Crippen molar-refractivity contribution < 1.29 is 8.78 Å². The molecule has 0 amide bonds. The molecule has 2 heteroatoms. The Labute approximate surface area is 169 Å². The normalized spacial score (nSPS) is 35.9. The molecule has 4 rings (SSSR count). The van der Waals surface area contributed by atoms with E-state index >= 15 is 0 Å². The third-order valence-corrected chi connectivity index (χ3v) is 8.39. The summed E-state index contributed by atoms with van der Waals surface area (Å²) in [6, 6.07) is 4.51. The Kier molecular flexibility index (Phi) is 6.53. The monoisotopic (exact) mass is 386 g/mol. The summed E-state index contributed by atoms with van der Waals surface area (Å²) >= 11 is 0. The van der Waals surface area contributed by atoms with Crippen LogP contribution in [0.15, 0.2) is 30.9 Å². The highest BCUT2D eigenvalue weighted by molar-refractivity contribution is 5.22. The summed E-state index contributed by atoms with van der Waals surface area (Å²) in [7, 11) is 0. The Bertz CT molecular complexity index is 658. The molecule has 3 saturated carbocycles. The summed E-state index contributed by atoms with van der Waals surface area (Å²) in [5, 5.41) is 0. The minimum absolute atomic E-state index is 0.419. The lowest BCUT2D eigenvalue weighted by molar-refractivity contribution is 0.0621. The molecule has 4 unspecified atom stereocenters. The number of halogens is 2. The second-order valence-electron chi connectivity index (χ2n) is 9.92. The van der Waals surface area contributed by atoms with Gasteiger partial charge in [0.2, 0.25) is 0 Å². The molecule has 1 aromatic rings. The minimum Gasteiger partial charge on any atom is -0.204 e. The molecule has 3 fully saturated rings. The van der Waals surface area contributed by atoms with E-state index in [1.807, 2.05) is 0 Å². The molecule has 0 bridgehead atoms. The first-order chi connectivity index (χ1) is 13.6. The molecule has 0 radical (unpaired) electrons. The van der Waals surface area contributed by atoms with E-state index in [0.717, 1.165) is 48.0 Å². The van der Waals surface area contributed by atoms with Crippen LogP contribution in [0.1, 0.15) is 88.5 Å². The maximum Gasteiger partial charge on any atom is 0.159 e. The van der Waals surface area contributed by atoms with Crippen LogP contribution in [0.4, 0.5) is 8.78 Å². The first-order valence-electron chi connectivity index (χ1n) is 11.7. The molecule has 0 saturated heterocycles. The Morgan fingerprint density at radius 2 is 1.43 bits per heavy atom. The van der Waals surface area contributed by atoms with E-state index in [4.69, 9.17) is 0 Å². The van der Waals surface area contributed by atoms with E-state index < -0.39 is 11.6 Å². The van der Waals surface area contributed by atoms with E-state index in [1.165, 1.54) is 76.3 Å². The van der Waals surface area contributed by atoms with Crippen LogP contribution in [-0.2, 0) is 0 Å². The summed E-state index contributed by atoms with van der Waals surface area (Å²) in [6.07, 6.45) is 18.1. The molecular formula is C26H36F2. The zero-order valence-electron chi connectivity index (χ0n) is 17.2. The van der Waals surface area contributed by atoms with Crippen LogP contribution in [-0.4, -0.2) is 0 Å². The average Bonchev–Trinajstić information content (AvgIpc) is 2.74. The third kappa shape index (κ3) is 4.52. The lowest BCUT2D eigenvalue weighted by atomic mass is 9.60. The van der Waals surface area contributed by atoms with Gasteiger partial charge in [-0.15, -0.1) is 6.58 Å². The Morgan fingerprint density at radius 3 is 2.14 bits per heavy atom. The molecule has 0 N–H and O–H groups in total. The average molecular weight is 387 g/mol. The second kappa shape index (κ2) is 9.09. The molecule has 3 aliphatic carbocycles. The second-order valence-corrected chi connectivity index (χ2v) is 9.92. The van der Waals surface area contributed by atoms with Crippen molar-refractivity contribution in [1.29, 1.82) is 0 Å². The van der Waals surface area contributed by atoms with Gasteiger partial charge in [0, 0.05) is 0 Å². The summed E-state index contributed by atoms with van der Waals surface area (Å²) in [4.78, 5) is 0. The molecule has 154 valence electrons. The minimum atomic E-state index is -0.728. The maximum atomic E-state index is 13.6. The predicted octanol–water partition coefficient (Wildman–Crippen LogP) is 8.04. The van der Waals surface area contributed by atoms with Gasteiger partial charge in [-0.1, -0.05) is 18.6 Å². The molecule has 0 spiro atoms. The SMILES string of the molecule is C=CCCC1CCC2CC(C3CCC(c4ccc(F)c(F)c4)CC3)CCC2C1. The van der Waals surface area contributed by atoms with E-state index in [2.05, 4.69) is 12.7 Å². The van der Waals surface area contributed by atoms with Crippen LogP contribution < -0.4 is 0 Å². The summed E-state index contributed by atoms with van der Waals surface area (Å²) < 4.78 is 26.8. The Hall–Kier alpha value is -1.18. The van der Waals surface area contributed by atoms with Crippen LogP contribution in [0.25, 0.3) is 0 Å². The highest BCUT2D eigenvalue weighted by Gasteiger charge is 2.38. The summed E-state index contributed by atoms with van der Waals surface area (Å²) in [6.45, 7) is 3.89. The van der Waals surface area contributed by atoms with Gasteiger partial charge >= 0.3 is 0 Å². The smallest absolute Gasteiger partial charge is 0.159 e. The van der Waals surface area contributed by atoms with E-state index in [1.54, 1.807) is 6.07 Å². The first-order valence-corrected chi connectivity index (χ1v) is 11.7. The van der Waals surface area contributed by atoms with Crippen molar-refractivity contribution in [2.45, 2.75) is 83.0 Å². The number of fused-ring (bicyclic) bond motifs is 1. The van der Waals surface area contributed by atoms with Crippen LogP contribution in [0.3, 0.4) is 0 Å². The molecule has 0 heterocycles. The van der Waals surface area contributed by atoms with Gasteiger partial charge in [0.05, 0.1) is 0 Å². The van der Waals surface area contributed by atoms with Gasteiger partial charge in [-0.3, -0.25) is 0 Å². The molecule has 1 aromatic carbocycles. The lowest BCUT2D eigenvalue weighted by Crippen LogP contribution is -2.34. The molecule has 3 aliphatic rings. The number of hydrogen-bond acceptors (Lipinski definition) is 0.